The average molecular weight is 680 g/mol. The van der Waals surface area contributed by atoms with Crippen LogP contribution < -0.4 is 20.3 Å². The number of hydrogen-bond acceptors (Lipinski definition) is 5. The predicted molar refractivity (Wildman–Crippen MR) is 174 cm³/mol. The summed E-state index contributed by atoms with van der Waals surface area (Å²) in [7, 11) is -1.79. The Morgan fingerprint density at radius 3 is 2.32 bits per heavy atom. The zero-order chi connectivity index (χ0) is 34.2. The molecule has 2 aliphatic rings. The van der Waals surface area contributed by atoms with Crippen molar-refractivity contribution in [1.29, 1.82) is 10.5 Å². The number of ether oxygens (including phenoxy) is 2. The Kier molecular flexibility index (Phi) is 14.6. The minimum Gasteiger partial charge on any atom is -0.461 e. The van der Waals surface area contributed by atoms with Crippen molar-refractivity contribution >= 4 is 22.8 Å². The molecule has 0 heterocycles. The minimum absolute atomic E-state index is 0. The van der Waals surface area contributed by atoms with Crippen LogP contribution in [0.5, 0.6) is 5.75 Å². The summed E-state index contributed by atoms with van der Waals surface area (Å²) in [6, 6.07) is 11.9. The SMILES string of the molecule is CC(C)(C)C1C(Oc2cccc(S(N)=O)c2)=c2c(C3CCCC(CC(F)(F)F)C3)c(C#N)c(C#N)cc2=CC1F.CCCOCC.O. The van der Waals surface area contributed by atoms with Gasteiger partial charge in [0.2, 0.25) is 0 Å². The van der Waals surface area contributed by atoms with E-state index in [4.69, 9.17) is 14.6 Å². The van der Waals surface area contributed by atoms with Gasteiger partial charge < -0.3 is 14.9 Å². The van der Waals surface area contributed by atoms with Gasteiger partial charge in [-0.15, -0.1) is 0 Å². The molecule has 0 spiro atoms. The van der Waals surface area contributed by atoms with Crippen LogP contribution in [0.15, 0.2) is 35.2 Å². The van der Waals surface area contributed by atoms with Gasteiger partial charge in [-0.1, -0.05) is 46.6 Å². The molecular weight excluding hydrogens is 634 g/mol. The third-order valence-electron chi connectivity index (χ3n) is 8.28. The van der Waals surface area contributed by atoms with E-state index in [-0.39, 0.29) is 34.5 Å². The normalized spacial score (nSPS) is 21.4. The van der Waals surface area contributed by atoms with E-state index in [1.165, 1.54) is 18.2 Å². The fourth-order valence-electron chi connectivity index (χ4n) is 6.45. The lowest BCUT2D eigenvalue weighted by atomic mass is 9.70. The summed E-state index contributed by atoms with van der Waals surface area (Å²) in [5, 5.41) is 26.4. The molecule has 1 fully saturated rings. The number of nitriles is 2. The summed E-state index contributed by atoms with van der Waals surface area (Å²) < 4.78 is 79.2. The Labute approximate surface area is 277 Å². The van der Waals surface area contributed by atoms with Crippen LogP contribution in [0.1, 0.15) is 95.8 Å². The van der Waals surface area contributed by atoms with Crippen molar-refractivity contribution in [1.82, 2.24) is 0 Å². The number of nitrogens with zero attached hydrogens (tertiary/aromatic N) is 2. The molecule has 4 N–H and O–H groups in total. The molecule has 0 aromatic heterocycles. The van der Waals surface area contributed by atoms with Crippen molar-refractivity contribution in [2.75, 3.05) is 13.2 Å². The highest BCUT2D eigenvalue weighted by Gasteiger charge is 2.41. The lowest BCUT2D eigenvalue weighted by Gasteiger charge is -2.37. The minimum atomic E-state index is -4.32. The van der Waals surface area contributed by atoms with E-state index in [0.29, 0.717) is 40.2 Å². The van der Waals surface area contributed by atoms with Gasteiger partial charge in [-0.3, -0.25) is 0 Å². The van der Waals surface area contributed by atoms with Crippen LogP contribution in [-0.4, -0.2) is 35.2 Å². The highest BCUT2D eigenvalue weighted by Crippen LogP contribution is 2.43. The van der Waals surface area contributed by atoms with E-state index in [1.807, 2.05) is 33.8 Å². The van der Waals surface area contributed by atoms with Crippen LogP contribution in [0, 0.1) is 39.9 Å². The van der Waals surface area contributed by atoms with E-state index < -0.39 is 52.9 Å². The van der Waals surface area contributed by atoms with Crippen molar-refractivity contribution in [2.45, 2.75) is 96.3 Å². The van der Waals surface area contributed by atoms with Gasteiger partial charge in [-0.25, -0.2) is 13.7 Å². The number of nitrogens with two attached hydrogens (primary N) is 1. The first kappa shape index (κ1) is 39.9. The molecule has 2 aromatic rings. The maximum absolute atomic E-state index is 15.9. The molecule has 1 saturated carbocycles. The quantitative estimate of drug-likeness (QED) is 0.260. The molecule has 4 rings (SSSR count). The van der Waals surface area contributed by atoms with Crippen molar-refractivity contribution in [2.24, 2.45) is 22.4 Å². The Hall–Kier alpha value is -3.29. The van der Waals surface area contributed by atoms with E-state index in [9.17, 15) is 27.9 Å². The molecule has 5 atom stereocenters. The van der Waals surface area contributed by atoms with E-state index in [0.717, 1.165) is 19.6 Å². The lowest BCUT2D eigenvalue weighted by molar-refractivity contribution is -0.146. The third kappa shape index (κ3) is 10.3. The number of fused-ring (bicyclic) bond motifs is 1. The molecule has 258 valence electrons. The smallest absolute Gasteiger partial charge is 0.389 e. The van der Waals surface area contributed by atoms with Crippen LogP contribution in [0.3, 0.4) is 0 Å². The van der Waals surface area contributed by atoms with E-state index in [2.05, 4.69) is 13.0 Å². The van der Waals surface area contributed by atoms with Gasteiger partial charge in [-0.2, -0.15) is 23.7 Å². The zero-order valence-electron chi connectivity index (χ0n) is 27.5. The molecule has 0 aliphatic heterocycles. The van der Waals surface area contributed by atoms with Crippen molar-refractivity contribution in [3.8, 4) is 17.9 Å². The number of benzene rings is 2. The average Bonchev–Trinajstić information content (AvgIpc) is 2.98. The number of alkyl halides is 4. The van der Waals surface area contributed by atoms with Gasteiger partial charge in [0.1, 0.15) is 40.8 Å². The molecule has 5 unspecified atom stereocenters. The Morgan fingerprint density at radius 1 is 1.09 bits per heavy atom. The third-order valence-corrected chi connectivity index (χ3v) is 9.00. The van der Waals surface area contributed by atoms with Crippen LogP contribution in [0.4, 0.5) is 17.6 Å². The second kappa shape index (κ2) is 17.2. The van der Waals surface area contributed by atoms with Gasteiger partial charge in [-0.05, 0) is 84.6 Å². The summed E-state index contributed by atoms with van der Waals surface area (Å²) in [4.78, 5) is 0.296. The maximum Gasteiger partial charge on any atom is 0.389 e. The fraction of sp³-hybridized carbons (Fsp3) is 0.543. The van der Waals surface area contributed by atoms with Crippen LogP contribution in [-0.2, 0) is 15.7 Å². The highest BCUT2D eigenvalue weighted by molar-refractivity contribution is 7.82. The zero-order valence-corrected chi connectivity index (χ0v) is 28.4. The Balaban J connectivity index is 0.00000100. The Bertz CT molecular complexity index is 1610. The Morgan fingerprint density at radius 2 is 1.79 bits per heavy atom. The molecule has 2 aromatic carbocycles. The number of rotatable bonds is 8. The van der Waals surface area contributed by atoms with Crippen LogP contribution in [0.25, 0.3) is 11.8 Å². The predicted octanol–water partition coefficient (Wildman–Crippen LogP) is 6.23. The summed E-state index contributed by atoms with van der Waals surface area (Å²) >= 11 is 0. The summed E-state index contributed by atoms with van der Waals surface area (Å²) in [6.45, 7) is 11.4. The van der Waals surface area contributed by atoms with Crippen LogP contribution >= 0.6 is 0 Å². The first-order valence-corrected chi connectivity index (χ1v) is 16.8. The standard InChI is InChI=1S/C30H31F4N3O2S.C5H12O.H2O/c1-29(2,3)27-24(31)12-19-11-20(15-35)23(16-36)25(18-7-4-6-17(10-18)14-30(32,33)34)26(19)28(27)39-21-8-5-9-22(13-21)40(37)38;1-3-5-6-4-2;/h5,8-9,11-13,17-18,24,27H,4,6-7,10,14,37H2,1-3H3;3-5H2,1-2H3;1H2. The van der Waals surface area contributed by atoms with Gasteiger partial charge in [0.15, 0.2) is 0 Å². The van der Waals surface area contributed by atoms with Crippen LogP contribution in [0.2, 0.25) is 0 Å². The molecule has 47 heavy (non-hydrogen) atoms. The molecule has 2 aliphatic carbocycles. The van der Waals surface area contributed by atoms with Gasteiger partial charge >= 0.3 is 6.18 Å². The van der Waals surface area contributed by atoms with E-state index in [1.54, 1.807) is 18.2 Å². The molecule has 0 saturated heterocycles. The summed E-state index contributed by atoms with van der Waals surface area (Å²) in [6.07, 6.45) is -2.56. The molecule has 7 nitrogen and oxygen atoms in total. The molecule has 0 radical (unpaired) electrons. The molecule has 0 bridgehead atoms. The lowest BCUT2D eigenvalue weighted by Crippen LogP contribution is -2.47. The monoisotopic (exact) mass is 679 g/mol. The maximum atomic E-state index is 15.9. The van der Waals surface area contributed by atoms with Crippen molar-refractivity contribution < 1.29 is 36.7 Å². The topological polar surface area (TPSA) is 141 Å². The van der Waals surface area contributed by atoms with Gasteiger partial charge in [0.25, 0.3) is 0 Å². The van der Waals surface area contributed by atoms with E-state index >= 15 is 4.39 Å². The number of halogens is 4. The largest absolute Gasteiger partial charge is 0.461 e. The first-order chi connectivity index (χ1) is 21.6. The second-order valence-corrected chi connectivity index (χ2v) is 13.9. The summed E-state index contributed by atoms with van der Waals surface area (Å²) in [5.74, 6) is -1.42. The second-order valence-electron chi connectivity index (χ2n) is 12.8. The molecule has 0 amide bonds. The van der Waals surface area contributed by atoms with Crippen molar-refractivity contribution in [3.63, 3.8) is 0 Å². The van der Waals surface area contributed by atoms with Gasteiger partial charge in [0.05, 0.1) is 21.9 Å². The number of hydrogen-bond donors (Lipinski definition) is 1. The van der Waals surface area contributed by atoms with Crippen molar-refractivity contribution in [3.05, 3.63) is 57.5 Å². The fourth-order valence-corrected chi connectivity index (χ4v) is 6.89. The first-order valence-electron chi connectivity index (χ1n) is 15.6. The van der Waals surface area contributed by atoms with Gasteiger partial charge in [0, 0.05) is 24.9 Å². The molecule has 12 heteroatoms. The highest BCUT2D eigenvalue weighted by atomic mass is 32.2. The molecular formula is C35H45F4N3O4S. The summed E-state index contributed by atoms with van der Waals surface area (Å²) in [5.41, 5.74) is -0.100.